The van der Waals surface area contributed by atoms with E-state index in [9.17, 15) is 9.59 Å². The van der Waals surface area contributed by atoms with E-state index in [1.165, 1.54) is 4.90 Å². The number of anilines is 1. The first kappa shape index (κ1) is 16.0. The predicted molar refractivity (Wildman–Crippen MR) is 79.3 cm³/mol. The quantitative estimate of drug-likeness (QED) is 0.771. The molecule has 110 valence electrons. The summed E-state index contributed by atoms with van der Waals surface area (Å²) in [5.41, 5.74) is 6.36. The van der Waals surface area contributed by atoms with Crippen molar-refractivity contribution in [3.05, 3.63) is 29.8 Å². The summed E-state index contributed by atoms with van der Waals surface area (Å²) >= 11 is 0. The SMILES string of the molecule is CN(C)C(=O)Nc1cccc(CNC(=O)C(C)(C)N)c1. The molecular formula is C14H22N4O2. The Bertz CT molecular complexity index is 492. The van der Waals surface area contributed by atoms with Crippen LogP contribution in [0.3, 0.4) is 0 Å². The van der Waals surface area contributed by atoms with Crippen molar-refractivity contribution in [2.45, 2.75) is 25.9 Å². The van der Waals surface area contributed by atoms with Crippen molar-refractivity contribution >= 4 is 17.6 Å². The van der Waals surface area contributed by atoms with Gasteiger partial charge in [0.25, 0.3) is 0 Å². The van der Waals surface area contributed by atoms with Gasteiger partial charge in [0.1, 0.15) is 0 Å². The van der Waals surface area contributed by atoms with Crippen molar-refractivity contribution in [3.63, 3.8) is 0 Å². The number of hydrogen-bond acceptors (Lipinski definition) is 3. The molecule has 0 bridgehead atoms. The van der Waals surface area contributed by atoms with Crippen LogP contribution in [0.15, 0.2) is 24.3 Å². The fourth-order valence-corrected chi connectivity index (χ4v) is 1.40. The maximum atomic E-state index is 11.7. The highest BCUT2D eigenvalue weighted by molar-refractivity contribution is 5.89. The summed E-state index contributed by atoms with van der Waals surface area (Å²) in [6, 6.07) is 7.09. The van der Waals surface area contributed by atoms with Crippen molar-refractivity contribution in [1.82, 2.24) is 10.2 Å². The minimum atomic E-state index is -0.906. The number of rotatable bonds is 4. The molecule has 0 atom stereocenters. The van der Waals surface area contributed by atoms with Crippen molar-refractivity contribution in [3.8, 4) is 0 Å². The number of amides is 3. The first-order valence-electron chi connectivity index (χ1n) is 6.34. The first-order valence-corrected chi connectivity index (χ1v) is 6.34. The molecule has 0 aliphatic carbocycles. The molecule has 1 aromatic carbocycles. The highest BCUT2D eigenvalue weighted by Crippen LogP contribution is 2.11. The third-order valence-electron chi connectivity index (χ3n) is 2.62. The zero-order chi connectivity index (χ0) is 15.3. The van der Waals surface area contributed by atoms with Crippen molar-refractivity contribution in [2.75, 3.05) is 19.4 Å². The van der Waals surface area contributed by atoms with Gasteiger partial charge in [-0.3, -0.25) is 4.79 Å². The molecule has 0 aliphatic rings. The van der Waals surface area contributed by atoms with Crippen LogP contribution in [0.2, 0.25) is 0 Å². The molecule has 0 radical (unpaired) electrons. The van der Waals surface area contributed by atoms with Crippen molar-refractivity contribution in [1.29, 1.82) is 0 Å². The molecular weight excluding hydrogens is 256 g/mol. The number of hydrogen-bond donors (Lipinski definition) is 3. The second-order valence-corrected chi connectivity index (χ2v) is 5.43. The minimum Gasteiger partial charge on any atom is -0.350 e. The lowest BCUT2D eigenvalue weighted by atomic mass is 10.1. The van der Waals surface area contributed by atoms with E-state index in [1.807, 2.05) is 18.2 Å². The standard InChI is InChI=1S/C14H22N4O2/c1-14(2,15)12(19)16-9-10-6-5-7-11(8-10)17-13(20)18(3)4/h5-8H,9,15H2,1-4H3,(H,16,19)(H,17,20). The summed E-state index contributed by atoms with van der Waals surface area (Å²) in [6.45, 7) is 3.66. The number of nitrogens with one attached hydrogen (secondary N) is 2. The maximum Gasteiger partial charge on any atom is 0.321 e. The van der Waals surface area contributed by atoms with Crippen molar-refractivity contribution in [2.24, 2.45) is 5.73 Å². The van der Waals surface area contributed by atoms with Gasteiger partial charge in [-0.2, -0.15) is 0 Å². The van der Waals surface area contributed by atoms with Gasteiger partial charge in [0.05, 0.1) is 5.54 Å². The van der Waals surface area contributed by atoms with Gasteiger partial charge in [0.2, 0.25) is 5.91 Å². The Kier molecular flexibility index (Phi) is 5.10. The lowest BCUT2D eigenvalue weighted by Gasteiger charge is -2.18. The highest BCUT2D eigenvalue weighted by atomic mass is 16.2. The number of carbonyl (C=O) groups is 2. The van der Waals surface area contributed by atoms with E-state index in [0.717, 1.165) is 5.56 Å². The van der Waals surface area contributed by atoms with E-state index in [-0.39, 0.29) is 11.9 Å². The predicted octanol–water partition coefficient (Wildman–Crippen LogP) is 1.13. The molecule has 4 N–H and O–H groups in total. The molecule has 0 aromatic heterocycles. The Morgan fingerprint density at radius 3 is 2.50 bits per heavy atom. The Morgan fingerprint density at radius 1 is 1.30 bits per heavy atom. The number of nitrogens with two attached hydrogens (primary N) is 1. The van der Waals surface area contributed by atoms with E-state index >= 15 is 0 Å². The summed E-state index contributed by atoms with van der Waals surface area (Å²) in [5, 5.41) is 5.50. The Morgan fingerprint density at radius 2 is 1.95 bits per heavy atom. The number of urea groups is 1. The zero-order valence-electron chi connectivity index (χ0n) is 12.4. The van der Waals surface area contributed by atoms with Crippen LogP contribution >= 0.6 is 0 Å². The molecule has 0 saturated heterocycles. The van der Waals surface area contributed by atoms with E-state index in [2.05, 4.69) is 10.6 Å². The second-order valence-electron chi connectivity index (χ2n) is 5.43. The minimum absolute atomic E-state index is 0.200. The Hall–Kier alpha value is -2.08. The summed E-state index contributed by atoms with van der Waals surface area (Å²) in [5.74, 6) is -0.222. The van der Waals surface area contributed by atoms with Gasteiger partial charge in [0.15, 0.2) is 0 Å². The molecule has 3 amide bonds. The third kappa shape index (κ3) is 4.89. The van der Waals surface area contributed by atoms with E-state index in [0.29, 0.717) is 12.2 Å². The van der Waals surface area contributed by atoms with Crippen LogP contribution in [0, 0.1) is 0 Å². The van der Waals surface area contributed by atoms with E-state index in [1.54, 1.807) is 34.0 Å². The summed E-state index contributed by atoms with van der Waals surface area (Å²) < 4.78 is 0. The van der Waals surface area contributed by atoms with Crippen LogP contribution in [0.5, 0.6) is 0 Å². The van der Waals surface area contributed by atoms with Gasteiger partial charge in [-0.15, -0.1) is 0 Å². The number of benzene rings is 1. The van der Waals surface area contributed by atoms with E-state index < -0.39 is 5.54 Å². The largest absolute Gasteiger partial charge is 0.350 e. The van der Waals surface area contributed by atoms with Gasteiger partial charge in [-0.25, -0.2) is 4.79 Å². The maximum absolute atomic E-state index is 11.7. The molecule has 6 heteroatoms. The van der Waals surface area contributed by atoms with Crippen molar-refractivity contribution < 1.29 is 9.59 Å². The van der Waals surface area contributed by atoms with Crippen LogP contribution < -0.4 is 16.4 Å². The zero-order valence-corrected chi connectivity index (χ0v) is 12.4. The molecule has 1 aromatic rings. The van der Waals surface area contributed by atoms with E-state index in [4.69, 9.17) is 5.73 Å². The molecule has 0 unspecified atom stereocenters. The topological polar surface area (TPSA) is 87.5 Å². The van der Waals surface area contributed by atoms with Gasteiger partial charge in [0, 0.05) is 26.3 Å². The first-order chi connectivity index (χ1) is 9.20. The normalized spacial score (nSPS) is 10.8. The lowest BCUT2D eigenvalue weighted by molar-refractivity contribution is -0.125. The van der Waals surface area contributed by atoms with Crippen LogP contribution in [0.25, 0.3) is 0 Å². The number of carbonyl (C=O) groups excluding carboxylic acids is 2. The fraction of sp³-hybridized carbons (Fsp3) is 0.429. The third-order valence-corrected chi connectivity index (χ3v) is 2.62. The molecule has 0 heterocycles. The van der Waals surface area contributed by atoms with Crippen LogP contribution in [-0.4, -0.2) is 36.5 Å². The summed E-state index contributed by atoms with van der Waals surface area (Å²) in [7, 11) is 3.34. The molecule has 0 saturated carbocycles. The van der Waals surface area contributed by atoms with Crippen LogP contribution in [0.4, 0.5) is 10.5 Å². The summed E-state index contributed by atoms with van der Waals surface area (Å²) in [4.78, 5) is 24.7. The van der Waals surface area contributed by atoms with Gasteiger partial charge < -0.3 is 21.3 Å². The van der Waals surface area contributed by atoms with Gasteiger partial charge in [-0.1, -0.05) is 12.1 Å². The Labute approximate surface area is 119 Å². The molecule has 1 rings (SSSR count). The Balaban J connectivity index is 2.65. The fourth-order valence-electron chi connectivity index (χ4n) is 1.40. The summed E-state index contributed by atoms with van der Waals surface area (Å²) in [6.07, 6.45) is 0. The molecule has 0 spiro atoms. The molecule has 20 heavy (non-hydrogen) atoms. The second kappa shape index (κ2) is 6.38. The van der Waals surface area contributed by atoms with Gasteiger partial charge >= 0.3 is 6.03 Å². The number of nitrogens with zero attached hydrogens (tertiary/aromatic N) is 1. The molecule has 6 nitrogen and oxygen atoms in total. The van der Waals surface area contributed by atoms with Crippen LogP contribution in [-0.2, 0) is 11.3 Å². The molecule has 0 aliphatic heterocycles. The highest BCUT2D eigenvalue weighted by Gasteiger charge is 2.21. The smallest absolute Gasteiger partial charge is 0.321 e. The average molecular weight is 278 g/mol. The molecule has 0 fully saturated rings. The van der Waals surface area contributed by atoms with Crippen LogP contribution in [0.1, 0.15) is 19.4 Å². The average Bonchev–Trinajstić information content (AvgIpc) is 2.35. The van der Waals surface area contributed by atoms with Gasteiger partial charge in [-0.05, 0) is 31.5 Å². The lowest BCUT2D eigenvalue weighted by Crippen LogP contribution is -2.48. The monoisotopic (exact) mass is 278 g/mol.